The first kappa shape index (κ1) is 22.3. The van der Waals surface area contributed by atoms with Crippen molar-refractivity contribution >= 4 is 44.7 Å². The number of nitrogens with one attached hydrogen (secondary N) is 1. The molecule has 13 heteroatoms. The molecule has 0 unspecified atom stereocenters. The molecule has 0 amide bonds. The molecule has 9 N–H and O–H groups in total. The molecule has 164 valence electrons. The zero-order chi connectivity index (χ0) is 22.2. The summed E-state index contributed by atoms with van der Waals surface area (Å²) in [5.41, 5.74) is 19.8. The average Bonchev–Trinajstić information content (AvgIpc) is 2.97. The molecule has 32 heavy (non-hydrogen) atoms. The molecule has 0 atom stereocenters. The molecule has 0 fully saturated rings. The third-order valence-electron chi connectivity index (χ3n) is 4.30. The van der Waals surface area contributed by atoms with Gasteiger partial charge in [0.15, 0.2) is 5.52 Å². The lowest BCUT2D eigenvalue weighted by atomic mass is 10.1. The summed E-state index contributed by atoms with van der Waals surface area (Å²) in [6.45, 7) is 0. The van der Waals surface area contributed by atoms with Gasteiger partial charge in [-0.05, 0) is 6.07 Å². The van der Waals surface area contributed by atoms with E-state index in [0.29, 0.717) is 22.7 Å². The van der Waals surface area contributed by atoms with Gasteiger partial charge in [-0.1, -0.05) is 53.5 Å². The molecule has 2 aromatic carbocycles. The predicted octanol–water partition coefficient (Wildman–Crippen LogP) is -1.08. The fourth-order valence-electron chi connectivity index (χ4n) is 2.93. The number of nitrogens with two attached hydrogens (primary N) is 3. The Morgan fingerprint density at radius 3 is 2.19 bits per heavy atom. The summed E-state index contributed by atoms with van der Waals surface area (Å²) in [7, 11) is -3.68. The number of nitrogens with zero attached hydrogens (tertiary/aromatic N) is 4. The van der Waals surface area contributed by atoms with Gasteiger partial charge < -0.3 is 27.8 Å². The van der Waals surface area contributed by atoms with Crippen molar-refractivity contribution in [3.63, 3.8) is 0 Å². The van der Waals surface area contributed by atoms with E-state index >= 15 is 0 Å². The van der Waals surface area contributed by atoms with Crippen molar-refractivity contribution in [2.24, 2.45) is 4.40 Å². The molecule has 1 aliphatic rings. The Morgan fingerprint density at radius 1 is 0.844 bits per heavy atom. The highest BCUT2D eigenvalue weighted by Gasteiger charge is 2.22. The number of fused-ring (bicyclic) bond motifs is 2. The number of aromatic amines is 1. The second-order valence-electron chi connectivity index (χ2n) is 6.40. The Hall–Kier alpha value is -4.36. The lowest BCUT2D eigenvalue weighted by Crippen LogP contribution is -2.18. The summed E-state index contributed by atoms with van der Waals surface area (Å²) in [4.78, 5) is 15.4. The van der Waals surface area contributed by atoms with Crippen LogP contribution in [0, 0.1) is 0 Å². The largest absolute Gasteiger partial charge is 0.858 e. The molecule has 5 rings (SSSR count). The van der Waals surface area contributed by atoms with E-state index in [1.165, 1.54) is 12.1 Å². The number of anilines is 3. The smallest absolute Gasteiger partial charge is 0.344 e. The maximum absolute atomic E-state index is 11.1. The number of hydrogen-bond acceptors (Lipinski definition) is 9. The van der Waals surface area contributed by atoms with Crippen LogP contribution < -0.4 is 27.3 Å². The Labute approximate surface area is 181 Å². The van der Waals surface area contributed by atoms with Crippen LogP contribution in [-0.2, 0) is 10.0 Å². The van der Waals surface area contributed by atoms with Gasteiger partial charge in [-0.2, -0.15) is 12.8 Å². The minimum atomic E-state index is -3.68. The molecular formula is C19H18N8O4S. The Morgan fingerprint density at radius 2 is 1.50 bits per heavy atom. The van der Waals surface area contributed by atoms with Crippen molar-refractivity contribution < 1.29 is 24.0 Å². The molecule has 0 saturated heterocycles. The maximum Gasteiger partial charge on any atom is 0.344 e. The van der Waals surface area contributed by atoms with E-state index in [4.69, 9.17) is 17.2 Å². The first-order valence-electron chi connectivity index (χ1n) is 8.84. The molecule has 4 aromatic rings. The number of H-pyrrole nitrogens is 1. The molecule has 3 heterocycles. The first-order chi connectivity index (χ1) is 14.8. The van der Waals surface area contributed by atoms with Gasteiger partial charge >= 0.3 is 5.95 Å². The minimum Gasteiger partial charge on any atom is -0.858 e. The molecule has 2 aromatic heterocycles. The van der Waals surface area contributed by atoms with Gasteiger partial charge in [0.25, 0.3) is 15.7 Å². The van der Waals surface area contributed by atoms with Crippen molar-refractivity contribution in [1.82, 2.24) is 15.0 Å². The number of hydrogen-bond donors (Lipinski definition) is 3. The zero-order valence-electron chi connectivity index (χ0n) is 16.4. The molecule has 0 bridgehead atoms. The van der Waals surface area contributed by atoms with Crippen LogP contribution >= 0.6 is 0 Å². The van der Waals surface area contributed by atoms with Gasteiger partial charge in [-0.25, -0.2) is 9.97 Å². The predicted molar refractivity (Wildman–Crippen MR) is 116 cm³/mol. The topological polar surface area (TPSA) is 232 Å². The average molecular weight is 454 g/mol. The second kappa shape index (κ2) is 8.41. The van der Waals surface area contributed by atoms with E-state index in [-0.39, 0.29) is 27.7 Å². The lowest BCUT2D eigenvalue weighted by molar-refractivity contribution is -0.333. The SMILES string of the molecule is Nc1nc(N)c2nc(-c3ccccc3)c(N)nc2[nH+]1.O.O=S1(=O)N=C([O-])c2ccccc21. The Balaban J connectivity index is 0.000000193. The third kappa shape index (κ3) is 4.10. The third-order valence-corrected chi connectivity index (χ3v) is 5.62. The monoisotopic (exact) mass is 454 g/mol. The van der Waals surface area contributed by atoms with E-state index in [0.717, 1.165) is 5.56 Å². The summed E-state index contributed by atoms with van der Waals surface area (Å²) in [5, 5.41) is 10.9. The standard InChI is InChI=1S/C12H11N7.C7H5NO3S.H2O/c13-9-7(6-4-2-1-3-5-6)16-8-10(14)18-12(15)19-11(8)17-9;9-7-5-3-1-2-4-6(5)12(10,11)8-7;/h1-5H,(H6,13,14,15,17,18,19);1-4H,(H,8,9);1H2. The van der Waals surface area contributed by atoms with E-state index < -0.39 is 15.9 Å². The highest BCUT2D eigenvalue weighted by molar-refractivity contribution is 7.90. The van der Waals surface area contributed by atoms with Crippen LogP contribution in [-0.4, -0.2) is 34.7 Å². The van der Waals surface area contributed by atoms with Crippen molar-refractivity contribution in [2.45, 2.75) is 4.90 Å². The van der Waals surface area contributed by atoms with Gasteiger partial charge in [0.2, 0.25) is 11.6 Å². The molecule has 0 radical (unpaired) electrons. The molecule has 12 nitrogen and oxygen atoms in total. The van der Waals surface area contributed by atoms with Crippen LogP contribution in [0.2, 0.25) is 0 Å². The highest BCUT2D eigenvalue weighted by atomic mass is 32.2. The van der Waals surface area contributed by atoms with Crippen LogP contribution in [0.5, 0.6) is 0 Å². The van der Waals surface area contributed by atoms with Crippen LogP contribution in [0.25, 0.3) is 22.4 Å². The van der Waals surface area contributed by atoms with Crippen LogP contribution in [0.4, 0.5) is 17.6 Å². The molecule has 0 spiro atoms. The van der Waals surface area contributed by atoms with Gasteiger partial charge in [0.05, 0.1) is 4.90 Å². The number of rotatable bonds is 1. The van der Waals surface area contributed by atoms with Crippen molar-refractivity contribution in [1.29, 1.82) is 0 Å². The molecular weight excluding hydrogens is 436 g/mol. The second-order valence-corrected chi connectivity index (χ2v) is 7.97. The summed E-state index contributed by atoms with van der Waals surface area (Å²) in [6, 6.07) is 15.5. The first-order valence-corrected chi connectivity index (χ1v) is 10.3. The fourth-order valence-corrected chi connectivity index (χ4v) is 4.03. The van der Waals surface area contributed by atoms with E-state index in [1.807, 2.05) is 30.3 Å². The Bertz CT molecular complexity index is 1440. The minimum absolute atomic E-state index is 0. The number of aromatic nitrogens is 4. The summed E-state index contributed by atoms with van der Waals surface area (Å²) >= 11 is 0. The van der Waals surface area contributed by atoms with Crippen molar-refractivity contribution in [3.05, 3.63) is 60.2 Å². The maximum atomic E-state index is 11.1. The molecule has 1 aliphatic heterocycles. The summed E-state index contributed by atoms with van der Waals surface area (Å²) < 4.78 is 25.2. The highest BCUT2D eigenvalue weighted by Crippen LogP contribution is 2.25. The van der Waals surface area contributed by atoms with E-state index in [1.54, 1.807) is 12.1 Å². The van der Waals surface area contributed by atoms with Crippen molar-refractivity contribution in [3.8, 4) is 11.3 Å². The number of sulfonamides is 1. The molecule has 0 saturated carbocycles. The van der Waals surface area contributed by atoms with Gasteiger partial charge in [-0.15, -0.1) is 4.98 Å². The van der Waals surface area contributed by atoms with Gasteiger partial charge in [0, 0.05) is 17.0 Å². The zero-order valence-corrected chi connectivity index (χ0v) is 17.2. The fraction of sp³-hybridized carbons (Fsp3) is 0. The van der Waals surface area contributed by atoms with Gasteiger partial charge in [0.1, 0.15) is 5.69 Å². The van der Waals surface area contributed by atoms with Crippen molar-refractivity contribution in [2.75, 3.05) is 17.2 Å². The van der Waals surface area contributed by atoms with E-state index in [2.05, 4.69) is 24.3 Å². The summed E-state index contributed by atoms with van der Waals surface area (Å²) in [6.07, 6.45) is 0. The van der Waals surface area contributed by atoms with Crippen LogP contribution in [0.3, 0.4) is 0 Å². The lowest BCUT2D eigenvalue weighted by Gasteiger charge is -2.04. The summed E-state index contributed by atoms with van der Waals surface area (Å²) in [5.74, 6) is 0.0210. The van der Waals surface area contributed by atoms with E-state index in [9.17, 15) is 13.5 Å². The Kier molecular flexibility index (Phi) is 5.87. The van der Waals surface area contributed by atoms with Gasteiger partial charge in [-0.3, -0.25) is 0 Å². The molecule has 0 aliphatic carbocycles. The number of benzene rings is 2. The quantitative estimate of drug-likeness (QED) is 0.317. The normalized spacial score (nSPS) is 13.3. The van der Waals surface area contributed by atoms with Crippen LogP contribution in [0.1, 0.15) is 5.56 Å². The number of nitrogen functional groups attached to an aromatic ring is 3. The van der Waals surface area contributed by atoms with Crippen LogP contribution in [0.15, 0.2) is 63.9 Å².